The zero-order chi connectivity index (χ0) is 7.40. The van der Waals surface area contributed by atoms with Gasteiger partial charge in [0.05, 0.1) is 5.84 Å². The summed E-state index contributed by atoms with van der Waals surface area (Å²) in [7, 11) is 2.02. The Morgan fingerprint density at radius 1 is 1.20 bits per heavy atom. The molecule has 1 aliphatic rings. The largest absolute Gasteiger partial charge is 0.364 e. The summed E-state index contributed by atoms with van der Waals surface area (Å²) >= 11 is 0. The Morgan fingerprint density at radius 2 is 1.90 bits per heavy atom. The van der Waals surface area contributed by atoms with Crippen LogP contribution in [0.15, 0.2) is 0 Å². The van der Waals surface area contributed by atoms with Crippen LogP contribution in [0.4, 0.5) is 0 Å². The maximum atomic E-state index is 7.56. The molecule has 0 radical (unpaired) electrons. The first-order chi connectivity index (χ1) is 4.80. The van der Waals surface area contributed by atoms with Crippen molar-refractivity contribution < 1.29 is 0 Å². The van der Waals surface area contributed by atoms with Crippen molar-refractivity contribution in [1.82, 2.24) is 4.90 Å². The summed E-state index contributed by atoms with van der Waals surface area (Å²) in [6.07, 6.45) is 6.12. The Bertz CT molecular complexity index is 120. The Morgan fingerprint density at radius 3 is 2.70 bits per heavy atom. The van der Waals surface area contributed by atoms with E-state index in [4.69, 9.17) is 5.41 Å². The highest BCUT2D eigenvalue weighted by atomic mass is 15.1. The molecule has 0 aliphatic carbocycles. The third-order valence-electron chi connectivity index (χ3n) is 2.12. The van der Waals surface area contributed by atoms with Gasteiger partial charge in [0.2, 0.25) is 0 Å². The Labute approximate surface area is 62.7 Å². The quantitative estimate of drug-likeness (QED) is 0.546. The number of rotatable bonds is 0. The van der Waals surface area contributed by atoms with E-state index < -0.39 is 0 Å². The summed E-state index contributed by atoms with van der Waals surface area (Å²) in [4.78, 5) is 2.07. The molecule has 0 aromatic carbocycles. The number of hydrogen-bond acceptors (Lipinski definition) is 1. The molecule has 0 bridgehead atoms. The van der Waals surface area contributed by atoms with Gasteiger partial charge in [-0.15, -0.1) is 0 Å². The first-order valence-electron chi connectivity index (χ1n) is 4.09. The minimum atomic E-state index is 0.819. The van der Waals surface area contributed by atoms with Gasteiger partial charge in [-0.1, -0.05) is 12.8 Å². The van der Waals surface area contributed by atoms with E-state index in [1.807, 2.05) is 7.05 Å². The van der Waals surface area contributed by atoms with Crippen molar-refractivity contribution in [3.8, 4) is 0 Å². The molecule has 1 fully saturated rings. The number of hydrogen-bond donors (Lipinski definition) is 1. The molecule has 0 spiro atoms. The van der Waals surface area contributed by atoms with Crippen LogP contribution in [0.25, 0.3) is 0 Å². The fraction of sp³-hybridized carbons (Fsp3) is 0.875. The molecule has 0 aromatic heterocycles. The van der Waals surface area contributed by atoms with Crippen LogP contribution in [0.5, 0.6) is 0 Å². The van der Waals surface area contributed by atoms with Gasteiger partial charge < -0.3 is 4.90 Å². The lowest BCUT2D eigenvalue weighted by molar-refractivity contribution is 0.436. The first kappa shape index (κ1) is 7.58. The van der Waals surface area contributed by atoms with E-state index in [0.717, 1.165) is 18.8 Å². The van der Waals surface area contributed by atoms with E-state index in [2.05, 4.69) is 4.90 Å². The lowest BCUT2D eigenvalue weighted by Crippen LogP contribution is -2.27. The lowest BCUT2D eigenvalue weighted by Gasteiger charge is -2.22. The smallest absolute Gasteiger partial charge is 0.0955 e. The SMILES string of the molecule is CN1CCCCCCC1=N. The van der Waals surface area contributed by atoms with Crippen LogP contribution in [0.2, 0.25) is 0 Å². The third kappa shape index (κ3) is 2.01. The molecule has 1 saturated heterocycles. The molecule has 2 heteroatoms. The zero-order valence-electron chi connectivity index (χ0n) is 6.69. The van der Waals surface area contributed by atoms with Gasteiger partial charge in [-0.2, -0.15) is 0 Å². The van der Waals surface area contributed by atoms with Gasteiger partial charge in [0.1, 0.15) is 0 Å². The van der Waals surface area contributed by atoms with Crippen molar-refractivity contribution in [2.24, 2.45) is 0 Å². The average molecular weight is 140 g/mol. The van der Waals surface area contributed by atoms with E-state index in [9.17, 15) is 0 Å². The fourth-order valence-electron chi connectivity index (χ4n) is 1.32. The Kier molecular flexibility index (Phi) is 2.72. The molecule has 0 unspecified atom stereocenters. The zero-order valence-corrected chi connectivity index (χ0v) is 6.69. The standard InChI is InChI=1S/C8H16N2/c1-10-7-5-3-2-4-6-8(10)9/h9H,2-7H2,1H3. The number of nitrogens with one attached hydrogen (secondary N) is 1. The van der Waals surface area contributed by atoms with E-state index >= 15 is 0 Å². The van der Waals surface area contributed by atoms with Crippen molar-refractivity contribution in [1.29, 1.82) is 5.41 Å². The molecule has 0 atom stereocenters. The molecule has 1 N–H and O–H groups in total. The van der Waals surface area contributed by atoms with Crippen LogP contribution in [0, 0.1) is 5.41 Å². The summed E-state index contributed by atoms with van der Waals surface area (Å²) in [6.45, 7) is 1.08. The molecule has 0 saturated carbocycles. The summed E-state index contributed by atoms with van der Waals surface area (Å²) < 4.78 is 0. The third-order valence-corrected chi connectivity index (χ3v) is 2.12. The van der Waals surface area contributed by atoms with Gasteiger partial charge >= 0.3 is 0 Å². The summed E-state index contributed by atoms with van der Waals surface area (Å²) in [5.41, 5.74) is 0. The monoisotopic (exact) mass is 140 g/mol. The van der Waals surface area contributed by atoms with Crippen LogP contribution < -0.4 is 0 Å². The van der Waals surface area contributed by atoms with Gasteiger partial charge in [0.15, 0.2) is 0 Å². The van der Waals surface area contributed by atoms with Crippen molar-refractivity contribution in [2.75, 3.05) is 13.6 Å². The average Bonchev–Trinajstić information content (AvgIpc) is 1.92. The number of likely N-dealkylation sites (tertiary alicyclic amines) is 1. The van der Waals surface area contributed by atoms with Crippen LogP contribution in [0.1, 0.15) is 32.1 Å². The highest BCUT2D eigenvalue weighted by Crippen LogP contribution is 2.09. The lowest BCUT2D eigenvalue weighted by atomic mass is 10.1. The van der Waals surface area contributed by atoms with Gasteiger partial charge in [-0.3, -0.25) is 5.41 Å². The molecule has 1 heterocycles. The molecular formula is C8H16N2. The van der Waals surface area contributed by atoms with Crippen molar-refractivity contribution >= 4 is 5.84 Å². The van der Waals surface area contributed by atoms with Crippen LogP contribution >= 0.6 is 0 Å². The van der Waals surface area contributed by atoms with E-state index in [1.165, 1.54) is 25.7 Å². The molecule has 10 heavy (non-hydrogen) atoms. The molecule has 2 nitrogen and oxygen atoms in total. The molecule has 1 aliphatic heterocycles. The summed E-state index contributed by atoms with van der Waals surface area (Å²) in [5.74, 6) is 0.819. The van der Waals surface area contributed by atoms with Crippen molar-refractivity contribution in [3.05, 3.63) is 0 Å². The maximum absolute atomic E-state index is 7.56. The Balaban J connectivity index is 2.35. The van der Waals surface area contributed by atoms with Gasteiger partial charge in [0, 0.05) is 20.0 Å². The van der Waals surface area contributed by atoms with E-state index in [1.54, 1.807) is 0 Å². The summed E-state index contributed by atoms with van der Waals surface area (Å²) in [6, 6.07) is 0. The van der Waals surface area contributed by atoms with Gasteiger partial charge in [-0.05, 0) is 12.8 Å². The van der Waals surface area contributed by atoms with Crippen molar-refractivity contribution in [2.45, 2.75) is 32.1 Å². The van der Waals surface area contributed by atoms with Crippen molar-refractivity contribution in [3.63, 3.8) is 0 Å². The number of amidine groups is 1. The minimum absolute atomic E-state index is 0.819. The second-order valence-electron chi connectivity index (χ2n) is 3.03. The predicted molar refractivity (Wildman–Crippen MR) is 43.4 cm³/mol. The molecule has 0 amide bonds. The van der Waals surface area contributed by atoms with Gasteiger partial charge in [-0.25, -0.2) is 0 Å². The molecule has 58 valence electrons. The van der Waals surface area contributed by atoms with Gasteiger partial charge in [0.25, 0.3) is 0 Å². The van der Waals surface area contributed by atoms with Crippen LogP contribution in [0.3, 0.4) is 0 Å². The van der Waals surface area contributed by atoms with Crippen LogP contribution in [-0.4, -0.2) is 24.3 Å². The topological polar surface area (TPSA) is 27.1 Å². The maximum Gasteiger partial charge on any atom is 0.0955 e. The highest BCUT2D eigenvalue weighted by molar-refractivity contribution is 5.78. The second-order valence-corrected chi connectivity index (χ2v) is 3.03. The van der Waals surface area contributed by atoms with E-state index in [-0.39, 0.29) is 0 Å². The molecule has 0 aromatic rings. The highest BCUT2D eigenvalue weighted by Gasteiger charge is 2.06. The molecular weight excluding hydrogens is 124 g/mol. The first-order valence-corrected chi connectivity index (χ1v) is 4.09. The fourth-order valence-corrected chi connectivity index (χ4v) is 1.32. The van der Waals surface area contributed by atoms with E-state index in [0.29, 0.717) is 0 Å². The van der Waals surface area contributed by atoms with Crippen LogP contribution in [-0.2, 0) is 0 Å². The Hall–Kier alpha value is -0.530. The second kappa shape index (κ2) is 3.59. The number of nitrogens with zero attached hydrogens (tertiary/aromatic N) is 1. The summed E-state index contributed by atoms with van der Waals surface area (Å²) in [5, 5.41) is 7.56. The minimum Gasteiger partial charge on any atom is -0.364 e. The predicted octanol–water partition coefficient (Wildman–Crippen LogP) is 1.86. The molecule has 1 rings (SSSR count). The normalized spacial score (nSPS) is 22.1.